The maximum absolute atomic E-state index is 12.8. The minimum absolute atomic E-state index is 0.0578. The summed E-state index contributed by atoms with van der Waals surface area (Å²) in [5, 5.41) is 7.02. The molecule has 5 heteroatoms. The molecule has 0 spiro atoms. The summed E-state index contributed by atoms with van der Waals surface area (Å²) < 4.78 is 1.92. The van der Waals surface area contributed by atoms with E-state index >= 15 is 0 Å². The second kappa shape index (κ2) is 6.33. The highest BCUT2D eigenvalue weighted by Crippen LogP contribution is 2.26. The van der Waals surface area contributed by atoms with Crippen molar-refractivity contribution in [3.63, 3.8) is 0 Å². The molecule has 0 unspecified atom stereocenters. The van der Waals surface area contributed by atoms with Crippen LogP contribution in [-0.2, 0) is 18.3 Å². The van der Waals surface area contributed by atoms with Gasteiger partial charge in [0.05, 0.1) is 6.04 Å². The highest BCUT2D eigenvalue weighted by atomic mass is 16.2. The largest absolute Gasteiger partial charge is 0.344 e. The predicted molar refractivity (Wildman–Crippen MR) is 102 cm³/mol. The number of rotatable bonds is 3. The van der Waals surface area contributed by atoms with E-state index in [1.807, 2.05) is 61.0 Å². The maximum atomic E-state index is 12.8. The molecule has 2 aromatic carbocycles. The van der Waals surface area contributed by atoms with Gasteiger partial charge < -0.3 is 15.2 Å². The van der Waals surface area contributed by atoms with Gasteiger partial charge in [0, 0.05) is 30.1 Å². The summed E-state index contributed by atoms with van der Waals surface area (Å²) in [7, 11) is 1.91. The molecule has 0 aliphatic carbocycles. The molecule has 132 valence electrons. The summed E-state index contributed by atoms with van der Waals surface area (Å²) in [5.74, 6) is -0.0374. The first-order valence-corrected chi connectivity index (χ1v) is 8.81. The van der Waals surface area contributed by atoms with Crippen LogP contribution >= 0.6 is 0 Å². The van der Waals surface area contributed by atoms with E-state index in [4.69, 9.17) is 0 Å². The highest BCUT2D eigenvalue weighted by molar-refractivity contribution is 5.99. The number of aryl methyl sites for hydroxylation is 2. The van der Waals surface area contributed by atoms with Crippen LogP contribution in [0, 0.1) is 0 Å². The van der Waals surface area contributed by atoms with Crippen molar-refractivity contribution in [3.8, 4) is 0 Å². The number of hydrogen-bond donors (Lipinski definition) is 2. The van der Waals surface area contributed by atoms with E-state index < -0.39 is 0 Å². The Hall–Kier alpha value is -3.08. The van der Waals surface area contributed by atoms with Gasteiger partial charge in [0.15, 0.2) is 0 Å². The van der Waals surface area contributed by atoms with Crippen molar-refractivity contribution in [3.05, 3.63) is 65.4 Å². The van der Waals surface area contributed by atoms with Crippen LogP contribution in [0.3, 0.4) is 0 Å². The van der Waals surface area contributed by atoms with E-state index in [9.17, 15) is 9.59 Å². The van der Waals surface area contributed by atoms with E-state index in [-0.39, 0.29) is 17.9 Å². The van der Waals surface area contributed by atoms with Crippen molar-refractivity contribution < 1.29 is 9.59 Å². The average Bonchev–Trinajstić information content (AvgIpc) is 2.98. The Kier molecular flexibility index (Phi) is 3.99. The smallest absolute Gasteiger partial charge is 0.268 e. The topological polar surface area (TPSA) is 63.1 Å². The Labute approximate surface area is 152 Å². The number of fused-ring (bicyclic) bond motifs is 2. The number of nitrogens with one attached hydrogen (secondary N) is 2. The molecule has 3 aromatic rings. The van der Waals surface area contributed by atoms with E-state index in [2.05, 4.69) is 16.7 Å². The Morgan fingerprint density at radius 1 is 1.15 bits per heavy atom. The van der Waals surface area contributed by atoms with Gasteiger partial charge in [0.1, 0.15) is 5.69 Å². The first-order chi connectivity index (χ1) is 12.5. The van der Waals surface area contributed by atoms with Gasteiger partial charge in [-0.25, -0.2) is 0 Å². The third-order valence-corrected chi connectivity index (χ3v) is 5.06. The third kappa shape index (κ3) is 2.86. The number of anilines is 1. The van der Waals surface area contributed by atoms with Gasteiger partial charge in [-0.05, 0) is 42.7 Å². The Morgan fingerprint density at radius 3 is 2.77 bits per heavy atom. The number of carbonyl (C=O) groups excluding carboxylic acids is 2. The lowest BCUT2D eigenvalue weighted by molar-refractivity contribution is -0.116. The molecule has 4 rings (SSSR count). The second-order valence-electron chi connectivity index (χ2n) is 6.81. The third-order valence-electron chi connectivity index (χ3n) is 5.06. The zero-order valence-electron chi connectivity index (χ0n) is 14.9. The Balaban J connectivity index is 1.55. The molecule has 5 nitrogen and oxygen atoms in total. The van der Waals surface area contributed by atoms with Crippen LogP contribution in [0.5, 0.6) is 0 Å². The van der Waals surface area contributed by atoms with Crippen molar-refractivity contribution in [2.75, 3.05) is 5.32 Å². The standard InChI is InChI=1S/C21H21N3O2/c1-13(14-7-9-17-15(11-14)8-10-20(25)23-17)22-21(26)19-12-16-5-3-4-6-18(16)24(19)2/h3-7,9,11-13H,8,10H2,1-2H3,(H,22,26)(H,23,25)/t13-/m1/s1. The summed E-state index contributed by atoms with van der Waals surface area (Å²) in [6, 6.07) is 15.7. The quantitative estimate of drug-likeness (QED) is 0.761. The van der Waals surface area contributed by atoms with Crippen LogP contribution in [0.1, 0.15) is 41.0 Å². The van der Waals surface area contributed by atoms with E-state index in [1.54, 1.807) is 0 Å². The first-order valence-electron chi connectivity index (χ1n) is 8.81. The van der Waals surface area contributed by atoms with Gasteiger partial charge in [-0.1, -0.05) is 30.3 Å². The Bertz CT molecular complexity index is 1020. The summed E-state index contributed by atoms with van der Waals surface area (Å²) in [6.45, 7) is 1.98. The minimum Gasteiger partial charge on any atom is -0.344 e. The van der Waals surface area contributed by atoms with E-state index in [0.29, 0.717) is 12.1 Å². The molecule has 0 fully saturated rings. The molecule has 2 N–H and O–H groups in total. The zero-order valence-corrected chi connectivity index (χ0v) is 14.9. The maximum Gasteiger partial charge on any atom is 0.268 e. The molecule has 0 saturated carbocycles. The Morgan fingerprint density at radius 2 is 1.96 bits per heavy atom. The fourth-order valence-corrected chi connectivity index (χ4v) is 3.53. The SMILES string of the molecule is C[C@@H](NC(=O)c1cc2ccccc2n1C)c1ccc2c(c1)CCC(=O)N2. The molecule has 0 radical (unpaired) electrons. The first kappa shape index (κ1) is 16.4. The molecule has 1 aliphatic rings. The van der Waals surface area contributed by atoms with Gasteiger partial charge in [-0.15, -0.1) is 0 Å². The summed E-state index contributed by atoms with van der Waals surface area (Å²) in [4.78, 5) is 24.2. The molecule has 1 aliphatic heterocycles. The minimum atomic E-state index is -0.122. The molecular weight excluding hydrogens is 326 g/mol. The van der Waals surface area contributed by atoms with Crippen molar-refractivity contribution >= 4 is 28.4 Å². The normalized spacial score (nSPS) is 14.6. The van der Waals surface area contributed by atoms with Crippen molar-refractivity contribution in [2.24, 2.45) is 7.05 Å². The number of hydrogen-bond acceptors (Lipinski definition) is 2. The van der Waals surface area contributed by atoms with Crippen LogP contribution in [-0.4, -0.2) is 16.4 Å². The van der Waals surface area contributed by atoms with Crippen LogP contribution < -0.4 is 10.6 Å². The summed E-state index contributed by atoms with van der Waals surface area (Å²) in [5.41, 5.74) is 4.70. The molecule has 0 saturated heterocycles. The number of aromatic nitrogens is 1. The number of amides is 2. The van der Waals surface area contributed by atoms with Crippen LogP contribution in [0.4, 0.5) is 5.69 Å². The predicted octanol–water partition coefficient (Wildman–Crippen LogP) is 3.55. The lowest BCUT2D eigenvalue weighted by Crippen LogP contribution is -2.28. The monoisotopic (exact) mass is 347 g/mol. The van der Waals surface area contributed by atoms with Crippen molar-refractivity contribution in [1.29, 1.82) is 0 Å². The van der Waals surface area contributed by atoms with E-state index in [0.717, 1.165) is 34.1 Å². The van der Waals surface area contributed by atoms with Crippen molar-refractivity contribution in [2.45, 2.75) is 25.8 Å². The zero-order chi connectivity index (χ0) is 18.3. The number of nitrogens with zero attached hydrogens (tertiary/aromatic N) is 1. The molecular formula is C21H21N3O2. The lowest BCUT2D eigenvalue weighted by Gasteiger charge is -2.20. The molecule has 2 heterocycles. The summed E-state index contributed by atoms with van der Waals surface area (Å²) >= 11 is 0. The number of para-hydroxylation sites is 1. The number of benzene rings is 2. The van der Waals surface area contributed by atoms with Crippen LogP contribution in [0.15, 0.2) is 48.5 Å². The van der Waals surface area contributed by atoms with Gasteiger partial charge in [-0.3, -0.25) is 9.59 Å². The second-order valence-corrected chi connectivity index (χ2v) is 6.81. The average molecular weight is 347 g/mol. The molecule has 0 bridgehead atoms. The van der Waals surface area contributed by atoms with Crippen LogP contribution in [0.2, 0.25) is 0 Å². The van der Waals surface area contributed by atoms with Crippen LogP contribution in [0.25, 0.3) is 10.9 Å². The fourth-order valence-electron chi connectivity index (χ4n) is 3.53. The van der Waals surface area contributed by atoms with E-state index in [1.165, 1.54) is 0 Å². The van der Waals surface area contributed by atoms with Gasteiger partial charge in [-0.2, -0.15) is 0 Å². The molecule has 26 heavy (non-hydrogen) atoms. The van der Waals surface area contributed by atoms with Gasteiger partial charge in [0.2, 0.25) is 5.91 Å². The lowest BCUT2D eigenvalue weighted by atomic mass is 9.98. The summed E-state index contributed by atoms with van der Waals surface area (Å²) in [6.07, 6.45) is 1.24. The highest BCUT2D eigenvalue weighted by Gasteiger charge is 2.19. The van der Waals surface area contributed by atoms with Gasteiger partial charge >= 0.3 is 0 Å². The molecule has 1 aromatic heterocycles. The fraction of sp³-hybridized carbons (Fsp3) is 0.238. The number of carbonyl (C=O) groups is 2. The van der Waals surface area contributed by atoms with Gasteiger partial charge in [0.25, 0.3) is 5.91 Å². The molecule has 2 amide bonds. The molecule has 1 atom stereocenters. The van der Waals surface area contributed by atoms with Crippen molar-refractivity contribution in [1.82, 2.24) is 9.88 Å².